The average Bonchev–Trinajstić information content (AvgIpc) is 2.91. The SMILES string of the molecule is O=C(O)c1ccnc(N2CC3CCC2C3)n1. The Kier molecular flexibility index (Phi) is 2.05. The molecule has 5 heteroatoms. The van der Waals surface area contributed by atoms with Crippen molar-refractivity contribution in [1.29, 1.82) is 0 Å². The largest absolute Gasteiger partial charge is 0.477 e. The lowest BCUT2D eigenvalue weighted by molar-refractivity contribution is 0.0690. The molecule has 1 aliphatic heterocycles. The van der Waals surface area contributed by atoms with E-state index in [1.54, 1.807) is 0 Å². The van der Waals surface area contributed by atoms with Crippen molar-refractivity contribution in [2.75, 3.05) is 11.4 Å². The number of aromatic nitrogens is 2. The number of aromatic carboxylic acids is 1. The molecule has 84 valence electrons. The summed E-state index contributed by atoms with van der Waals surface area (Å²) in [4.78, 5) is 21.2. The van der Waals surface area contributed by atoms with E-state index in [1.807, 2.05) is 0 Å². The predicted molar refractivity (Wildman–Crippen MR) is 57.5 cm³/mol. The minimum atomic E-state index is -0.993. The van der Waals surface area contributed by atoms with Gasteiger partial charge in [0.15, 0.2) is 5.69 Å². The molecule has 3 rings (SSSR count). The number of rotatable bonds is 2. The standard InChI is InChI=1S/C11H13N3O2/c15-10(16)9-3-4-12-11(13-9)14-6-7-1-2-8(14)5-7/h3-4,7-8H,1-2,5-6H2,(H,15,16). The Balaban J connectivity index is 1.89. The highest BCUT2D eigenvalue weighted by atomic mass is 16.4. The Morgan fingerprint density at radius 3 is 3.00 bits per heavy atom. The molecule has 1 N–H and O–H groups in total. The highest BCUT2D eigenvalue weighted by Gasteiger charge is 2.39. The Morgan fingerprint density at radius 1 is 1.50 bits per heavy atom. The molecule has 2 heterocycles. The van der Waals surface area contributed by atoms with E-state index in [9.17, 15) is 4.79 Å². The zero-order valence-electron chi connectivity index (χ0n) is 8.83. The van der Waals surface area contributed by atoms with Crippen LogP contribution in [0.4, 0.5) is 5.95 Å². The lowest BCUT2D eigenvalue weighted by Crippen LogP contribution is -2.33. The van der Waals surface area contributed by atoms with Crippen LogP contribution < -0.4 is 4.90 Å². The molecule has 5 nitrogen and oxygen atoms in total. The van der Waals surface area contributed by atoms with Gasteiger partial charge in [-0.05, 0) is 31.2 Å². The van der Waals surface area contributed by atoms with Crippen molar-refractivity contribution in [2.45, 2.75) is 25.3 Å². The molecule has 1 aromatic rings. The van der Waals surface area contributed by atoms with Crippen LogP contribution in [0.5, 0.6) is 0 Å². The molecule has 1 aromatic heterocycles. The zero-order valence-corrected chi connectivity index (χ0v) is 8.83. The average molecular weight is 219 g/mol. The van der Waals surface area contributed by atoms with Gasteiger partial charge in [0.05, 0.1) is 0 Å². The van der Waals surface area contributed by atoms with E-state index in [0.29, 0.717) is 12.0 Å². The summed E-state index contributed by atoms with van der Waals surface area (Å²) in [7, 11) is 0. The summed E-state index contributed by atoms with van der Waals surface area (Å²) in [6.07, 6.45) is 5.21. The highest BCUT2D eigenvalue weighted by Crippen LogP contribution is 2.38. The van der Waals surface area contributed by atoms with Crippen molar-refractivity contribution >= 4 is 11.9 Å². The first-order chi connectivity index (χ1) is 7.74. The quantitative estimate of drug-likeness (QED) is 0.808. The molecule has 16 heavy (non-hydrogen) atoms. The van der Waals surface area contributed by atoms with Crippen molar-refractivity contribution < 1.29 is 9.90 Å². The fourth-order valence-corrected chi connectivity index (χ4v) is 2.78. The summed E-state index contributed by atoms with van der Waals surface area (Å²) >= 11 is 0. The first kappa shape index (κ1) is 9.57. The number of fused-ring (bicyclic) bond motifs is 2. The molecule has 2 unspecified atom stereocenters. The van der Waals surface area contributed by atoms with Crippen molar-refractivity contribution in [3.8, 4) is 0 Å². The van der Waals surface area contributed by atoms with Crippen molar-refractivity contribution in [1.82, 2.24) is 9.97 Å². The Hall–Kier alpha value is -1.65. The first-order valence-corrected chi connectivity index (χ1v) is 5.57. The van der Waals surface area contributed by atoms with E-state index < -0.39 is 5.97 Å². The lowest BCUT2D eigenvalue weighted by atomic mass is 10.1. The van der Waals surface area contributed by atoms with Crippen LogP contribution in [0.3, 0.4) is 0 Å². The second-order valence-electron chi connectivity index (χ2n) is 4.53. The Labute approximate surface area is 93.1 Å². The van der Waals surface area contributed by atoms with E-state index in [-0.39, 0.29) is 5.69 Å². The van der Waals surface area contributed by atoms with Crippen LogP contribution in [0.15, 0.2) is 12.3 Å². The molecule has 1 aliphatic carbocycles. The van der Waals surface area contributed by atoms with Gasteiger partial charge in [0.25, 0.3) is 0 Å². The van der Waals surface area contributed by atoms with Gasteiger partial charge in [-0.15, -0.1) is 0 Å². The van der Waals surface area contributed by atoms with Crippen LogP contribution in [0, 0.1) is 5.92 Å². The van der Waals surface area contributed by atoms with E-state index in [0.717, 1.165) is 12.5 Å². The molecule has 2 fully saturated rings. The zero-order chi connectivity index (χ0) is 11.1. The van der Waals surface area contributed by atoms with Gasteiger partial charge in [0.1, 0.15) is 0 Å². The third-order valence-corrected chi connectivity index (χ3v) is 3.53. The Bertz CT molecular complexity index is 435. The molecular weight excluding hydrogens is 206 g/mol. The van der Waals surface area contributed by atoms with E-state index in [4.69, 9.17) is 5.11 Å². The molecule has 2 aliphatic rings. The van der Waals surface area contributed by atoms with Crippen LogP contribution in [0.2, 0.25) is 0 Å². The van der Waals surface area contributed by atoms with E-state index in [1.165, 1.54) is 31.5 Å². The summed E-state index contributed by atoms with van der Waals surface area (Å²) in [5.74, 6) is 0.335. The number of carboxylic acid groups (broad SMARTS) is 1. The number of carboxylic acids is 1. The topological polar surface area (TPSA) is 66.3 Å². The van der Waals surface area contributed by atoms with Gasteiger partial charge in [-0.3, -0.25) is 0 Å². The predicted octanol–water partition coefficient (Wildman–Crippen LogP) is 1.16. The van der Waals surface area contributed by atoms with Gasteiger partial charge < -0.3 is 10.0 Å². The summed E-state index contributed by atoms with van der Waals surface area (Å²) in [6.45, 7) is 0.980. The summed E-state index contributed by atoms with van der Waals surface area (Å²) in [5, 5.41) is 8.88. The molecule has 2 atom stereocenters. The molecule has 0 amide bonds. The summed E-state index contributed by atoms with van der Waals surface area (Å²) in [5.41, 5.74) is 0.0766. The number of carbonyl (C=O) groups is 1. The molecule has 0 radical (unpaired) electrons. The van der Waals surface area contributed by atoms with Gasteiger partial charge in [-0.1, -0.05) is 0 Å². The van der Waals surface area contributed by atoms with Crippen LogP contribution >= 0.6 is 0 Å². The molecule has 0 spiro atoms. The normalized spacial score (nSPS) is 27.4. The summed E-state index contributed by atoms with van der Waals surface area (Å²) < 4.78 is 0. The molecule has 0 aromatic carbocycles. The van der Waals surface area contributed by atoms with Crippen LogP contribution in [0.1, 0.15) is 29.8 Å². The Morgan fingerprint density at radius 2 is 2.38 bits per heavy atom. The number of nitrogens with zero attached hydrogens (tertiary/aromatic N) is 3. The van der Waals surface area contributed by atoms with Crippen molar-refractivity contribution in [3.05, 3.63) is 18.0 Å². The highest BCUT2D eigenvalue weighted by molar-refractivity contribution is 5.85. The van der Waals surface area contributed by atoms with Gasteiger partial charge in [0, 0.05) is 18.8 Å². The maximum atomic E-state index is 10.8. The maximum Gasteiger partial charge on any atom is 0.354 e. The lowest BCUT2D eigenvalue weighted by Gasteiger charge is -2.26. The van der Waals surface area contributed by atoms with Crippen LogP contribution in [-0.4, -0.2) is 33.6 Å². The van der Waals surface area contributed by atoms with Gasteiger partial charge in [-0.2, -0.15) is 0 Å². The molecule has 1 saturated carbocycles. The van der Waals surface area contributed by atoms with Crippen LogP contribution in [0.25, 0.3) is 0 Å². The fraction of sp³-hybridized carbons (Fsp3) is 0.545. The molecule has 2 bridgehead atoms. The second-order valence-corrected chi connectivity index (χ2v) is 4.53. The van der Waals surface area contributed by atoms with E-state index in [2.05, 4.69) is 14.9 Å². The van der Waals surface area contributed by atoms with Crippen LogP contribution in [-0.2, 0) is 0 Å². The minimum absolute atomic E-state index is 0.0766. The maximum absolute atomic E-state index is 10.8. The van der Waals surface area contributed by atoms with Crippen molar-refractivity contribution in [3.63, 3.8) is 0 Å². The second kappa shape index (κ2) is 3.43. The smallest absolute Gasteiger partial charge is 0.354 e. The van der Waals surface area contributed by atoms with Gasteiger partial charge in [-0.25, -0.2) is 14.8 Å². The monoisotopic (exact) mass is 219 g/mol. The molecule has 1 saturated heterocycles. The number of piperidine rings is 1. The van der Waals surface area contributed by atoms with Gasteiger partial charge in [0.2, 0.25) is 5.95 Å². The van der Waals surface area contributed by atoms with Crippen molar-refractivity contribution in [2.24, 2.45) is 5.92 Å². The number of anilines is 1. The molecular formula is C11H13N3O2. The number of hydrogen-bond acceptors (Lipinski definition) is 4. The number of hydrogen-bond donors (Lipinski definition) is 1. The van der Waals surface area contributed by atoms with Gasteiger partial charge >= 0.3 is 5.97 Å². The summed E-state index contributed by atoms with van der Waals surface area (Å²) in [6, 6.07) is 1.95. The third-order valence-electron chi connectivity index (χ3n) is 3.53. The minimum Gasteiger partial charge on any atom is -0.477 e. The first-order valence-electron chi connectivity index (χ1n) is 5.57. The third kappa shape index (κ3) is 1.43. The fourth-order valence-electron chi connectivity index (χ4n) is 2.78. The van der Waals surface area contributed by atoms with E-state index >= 15 is 0 Å².